The van der Waals surface area contributed by atoms with Crippen LogP contribution in [0.3, 0.4) is 0 Å². The average Bonchev–Trinajstić information content (AvgIpc) is 3.26. The van der Waals surface area contributed by atoms with Crippen molar-refractivity contribution < 1.29 is 9.52 Å². The Morgan fingerprint density at radius 1 is 1.26 bits per heavy atom. The molecule has 0 unspecified atom stereocenters. The number of thiazole rings is 1. The lowest BCUT2D eigenvalue weighted by Gasteiger charge is -2.02. The highest BCUT2D eigenvalue weighted by atomic mass is 32.1. The van der Waals surface area contributed by atoms with E-state index in [0.717, 1.165) is 27.5 Å². The van der Waals surface area contributed by atoms with Gasteiger partial charge >= 0.3 is 0 Å². The Kier molecular flexibility index (Phi) is 3.48. The zero-order valence-electron chi connectivity index (χ0n) is 12.0. The third-order valence-electron chi connectivity index (χ3n) is 3.63. The third-order valence-corrected chi connectivity index (χ3v) is 5.02. The third kappa shape index (κ3) is 2.56. The van der Waals surface area contributed by atoms with Gasteiger partial charge in [0, 0.05) is 17.4 Å². The van der Waals surface area contributed by atoms with Crippen LogP contribution in [0, 0.1) is 3.95 Å². The summed E-state index contributed by atoms with van der Waals surface area (Å²) >= 11 is 6.74. The molecule has 0 radical (unpaired) electrons. The second kappa shape index (κ2) is 5.64. The van der Waals surface area contributed by atoms with E-state index in [4.69, 9.17) is 16.6 Å². The van der Waals surface area contributed by atoms with Gasteiger partial charge in [0.05, 0.1) is 23.4 Å². The molecule has 2 aromatic heterocycles. The number of aliphatic imine (C=N–C) groups is 1. The second-order valence-electron chi connectivity index (χ2n) is 5.10. The van der Waals surface area contributed by atoms with Crippen LogP contribution in [0.2, 0.25) is 0 Å². The van der Waals surface area contributed by atoms with Crippen molar-refractivity contribution in [1.29, 1.82) is 0 Å². The number of benzene rings is 1. The molecule has 0 spiro atoms. The van der Waals surface area contributed by atoms with E-state index in [0.29, 0.717) is 10.5 Å². The first kappa shape index (κ1) is 14.2. The highest BCUT2D eigenvalue weighted by Gasteiger charge is 2.15. The van der Waals surface area contributed by atoms with E-state index in [9.17, 15) is 5.11 Å². The summed E-state index contributed by atoms with van der Waals surface area (Å²) in [5.41, 5.74) is 2.97. The van der Waals surface area contributed by atoms with Crippen molar-refractivity contribution in [2.45, 2.75) is 6.54 Å². The van der Waals surface area contributed by atoms with Crippen molar-refractivity contribution in [3.63, 3.8) is 0 Å². The van der Waals surface area contributed by atoms with Crippen LogP contribution in [-0.2, 0) is 6.54 Å². The summed E-state index contributed by atoms with van der Waals surface area (Å²) in [6, 6.07) is 11.6. The van der Waals surface area contributed by atoms with E-state index >= 15 is 0 Å². The first-order valence-corrected chi connectivity index (χ1v) is 8.25. The van der Waals surface area contributed by atoms with Crippen LogP contribution in [0.4, 0.5) is 5.69 Å². The fourth-order valence-corrected chi connectivity index (χ4v) is 3.76. The zero-order chi connectivity index (χ0) is 15.8. The number of furan rings is 1. The molecule has 0 atom stereocenters. The summed E-state index contributed by atoms with van der Waals surface area (Å²) in [5, 5.41) is 10.5. The number of hydrogen-bond acceptors (Lipinski definition) is 5. The predicted molar refractivity (Wildman–Crippen MR) is 95.1 cm³/mol. The van der Waals surface area contributed by atoms with Gasteiger partial charge in [-0.3, -0.25) is 9.56 Å². The monoisotopic (exact) mass is 340 g/mol. The molecular formula is C17H12N2O2S2. The van der Waals surface area contributed by atoms with Gasteiger partial charge in [-0.05, 0) is 36.5 Å². The minimum absolute atomic E-state index is 0.154. The highest BCUT2D eigenvalue weighted by Crippen LogP contribution is 2.35. The Morgan fingerprint density at radius 3 is 2.96 bits per heavy atom. The van der Waals surface area contributed by atoms with Gasteiger partial charge in [0.25, 0.3) is 0 Å². The number of allylic oxidation sites excluding steroid dienone is 1. The van der Waals surface area contributed by atoms with Gasteiger partial charge in [-0.1, -0.05) is 18.2 Å². The van der Waals surface area contributed by atoms with Crippen molar-refractivity contribution in [3.05, 3.63) is 62.8 Å². The van der Waals surface area contributed by atoms with E-state index in [-0.39, 0.29) is 5.88 Å². The molecule has 0 amide bonds. The van der Waals surface area contributed by atoms with Gasteiger partial charge in [-0.2, -0.15) is 0 Å². The van der Waals surface area contributed by atoms with Gasteiger partial charge in [-0.25, -0.2) is 0 Å². The van der Waals surface area contributed by atoms with E-state index in [1.165, 1.54) is 11.3 Å². The lowest BCUT2D eigenvalue weighted by Crippen LogP contribution is -1.97. The number of aromatic hydroxyl groups is 1. The minimum atomic E-state index is 0.154. The Bertz CT molecular complexity index is 978. The quantitative estimate of drug-likeness (QED) is 0.691. The van der Waals surface area contributed by atoms with Gasteiger partial charge < -0.3 is 9.52 Å². The average molecular weight is 340 g/mol. The number of nitrogens with zero attached hydrogens (tertiary/aromatic N) is 2. The lowest BCUT2D eigenvalue weighted by molar-refractivity contribution is 0.407. The summed E-state index contributed by atoms with van der Waals surface area (Å²) in [4.78, 5) is 5.10. The second-order valence-corrected chi connectivity index (χ2v) is 6.77. The van der Waals surface area contributed by atoms with Crippen LogP contribution in [-0.4, -0.2) is 15.9 Å². The van der Waals surface area contributed by atoms with Gasteiger partial charge in [0.15, 0.2) is 3.95 Å². The van der Waals surface area contributed by atoms with Crippen LogP contribution in [0.25, 0.3) is 11.6 Å². The molecule has 0 saturated carbocycles. The number of para-hydroxylation sites is 1. The molecule has 0 bridgehead atoms. The zero-order valence-corrected chi connectivity index (χ0v) is 13.6. The van der Waals surface area contributed by atoms with E-state index < -0.39 is 0 Å². The molecule has 1 aliphatic heterocycles. The smallest absolute Gasteiger partial charge is 0.211 e. The molecule has 1 N–H and O–H groups in total. The van der Waals surface area contributed by atoms with Crippen molar-refractivity contribution in [2.24, 2.45) is 4.99 Å². The van der Waals surface area contributed by atoms with Gasteiger partial charge in [0.1, 0.15) is 5.76 Å². The van der Waals surface area contributed by atoms with Crippen molar-refractivity contribution in [1.82, 2.24) is 4.57 Å². The molecular weight excluding hydrogens is 328 g/mol. The molecule has 4 rings (SSSR count). The van der Waals surface area contributed by atoms with E-state index in [1.54, 1.807) is 10.8 Å². The standard InChI is InChI=1S/C17H12N2O2S2/c20-16-15(8-11-9-18-14-6-2-1-5-13(11)14)23-17(22)19(16)10-12-4-3-7-21-12/h1-9,20H,10H2. The van der Waals surface area contributed by atoms with Crippen LogP contribution in [0.5, 0.6) is 5.88 Å². The molecule has 3 aromatic rings. The van der Waals surface area contributed by atoms with E-state index in [2.05, 4.69) is 4.99 Å². The fraction of sp³-hybridized carbons (Fsp3) is 0.0588. The van der Waals surface area contributed by atoms with Crippen LogP contribution in [0.1, 0.15) is 16.2 Å². The van der Waals surface area contributed by atoms with Crippen LogP contribution in [0.15, 0.2) is 52.1 Å². The summed E-state index contributed by atoms with van der Waals surface area (Å²) in [5.74, 6) is 0.905. The maximum atomic E-state index is 10.5. The molecule has 1 aliphatic rings. The van der Waals surface area contributed by atoms with Crippen molar-refractivity contribution in [3.8, 4) is 5.88 Å². The highest BCUT2D eigenvalue weighted by molar-refractivity contribution is 7.73. The maximum Gasteiger partial charge on any atom is 0.211 e. The number of hydrogen-bond donors (Lipinski definition) is 1. The van der Waals surface area contributed by atoms with Crippen LogP contribution < -0.4 is 0 Å². The van der Waals surface area contributed by atoms with Crippen molar-refractivity contribution in [2.75, 3.05) is 0 Å². The minimum Gasteiger partial charge on any atom is -0.493 e. The normalized spacial score (nSPS) is 14.5. The molecule has 4 nitrogen and oxygen atoms in total. The van der Waals surface area contributed by atoms with Gasteiger partial charge in [-0.15, -0.1) is 11.3 Å². The summed E-state index contributed by atoms with van der Waals surface area (Å²) in [7, 11) is 0. The fourth-order valence-electron chi connectivity index (χ4n) is 2.50. The molecule has 23 heavy (non-hydrogen) atoms. The lowest BCUT2D eigenvalue weighted by atomic mass is 10.1. The summed E-state index contributed by atoms with van der Waals surface area (Å²) < 4.78 is 7.60. The summed E-state index contributed by atoms with van der Waals surface area (Å²) in [6.45, 7) is 0.419. The SMILES string of the molecule is Oc1c(C=C2C=Nc3ccccc32)sc(=S)n1Cc1ccco1. The number of rotatable bonds is 3. The largest absolute Gasteiger partial charge is 0.493 e. The molecule has 0 aliphatic carbocycles. The van der Waals surface area contributed by atoms with Gasteiger partial charge in [0.2, 0.25) is 5.88 Å². The predicted octanol–water partition coefficient (Wildman–Crippen LogP) is 4.88. The first-order chi connectivity index (χ1) is 11.2. The molecule has 6 heteroatoms. The molecule has 0 fully saturated rings. The number of aromatic nitrogens is 1. The first-order valence-electron chi connectivity index (χ1n) is 7.02. The molecule has 114 valence electrons. The molecule has 3 heterocycles. The van der Waals surface area contributed by atoms with E-state index in [1.807, 2.05) is 48.7 Å². The number of fused-ring (bicyclic) bond motifs is 1. The molecule has 0 saturated heterocycles. The Hall–Kier alpha value is -2.44. The Labute approximate surface area is 141 Å². The summed E-state index contributed by atoms with van der Waals surface area (Å²) in [6.07, 6.45) is 5.34. The van der Waals surface area contributed by atoms with Crippen LogP contribution >= 0.6 is 23.6 Å². The maximum absolute atomic E-state index is 10.5. The van der Waals surface area contributed by atoms with Crippen molar-refractivity contribution >= 4 is 47.1 Å². The molecule has 1 aromatic carbocycles. The Morgan fingerprint density at radius 2 is 2.13 bits per heavy atom. The topological polar surface area (TPSA) is 50.7 Å². The Balaban J connectivity index is 1.73.